The van der Waals surface area contributed by atoms with Gasteiger partial charge in [-0.05, 0) is 43.2 Å². The van der Waals surface area contributed by atoms with E-state index >= 15 is 0 Å². The Morgan fingerprint density at radius 3 is 2.95 bits per heavy atom. The zero-order chi connectivity index (χ0) is 15.0. The molecular weight excluding hydrogens is 282 g/mol. The summed E-state index contributed by atoms with van der Waals surface area (Å²) in [4.78, 5) is 0. The van der Waals surface area contributed by atoms with Crippen molar-refractivity contribution in [2.24, 2.45) is 5.41 Å². The van der Waals surface area contributed by atoms with Gasteiger partial charge in [0.15, 0.2) is 11.5 Å². The Hall–Kier alpha value is -1.73. The largest absolute Gasteiger partial charge is 0.388 e. The van der Waals surface area contributed by atoms with Crippen molar-refractivity contribution in [3.8, 4) is 0 Å². The molecule has 4 rings (SSSR count). The average molecular weight is 303 g/mol. The second kappa shape index (κ2) is 5.48. The van der Waals surface area contributed by atoms with Crippen LogP contribution in [0.3, 0.4) is 0 Å². The number of nitrogens with zero attached hydrogens (tertiary/aromatic N) is 4. The number of fused-ring (bicyclic) bond motifs is 1. The van der Waals surface area contributed by atoms with Crippen LogP contribution >= 0.6 is 0 Å². The van der Waals surface area contributed by atoms with E-state index in [9.17, 15) is 5.11 Å². The highest BCUT2D eigenvalue weighted by Crippen LogP contribution is 2.47. The second-order valence-electron chi connectivity index (χ2n) is 6.33. The molecule has 7 heteroatoms. The second-order valence-corrected chi connectivity index (χ2v) is 6.33. The molecule has 0 amide bonds. The third kappa shape index (κ3) is 2.24. The first-order chi connectivity index (χ1) is 10.8. The maximum atomic E-state index is 9.30. The highest BCUT2D eigenvalue weighted by atomic mass is 16.5. The predicted octanol–water partition coefficient (Wildman–Crippen LogP) is 1.38. The maximum Gasteiger partial charge on any atom is 0.180 e. The molecule has 1 saturated heterocycles. The van der Waals surface area contributed by atoms with E-state index in [2.05, 4.69) is 20.6 Å². The molecule has 22 heavy (non-hydrogen) atoms. The number of ether oxygens (including phenoxy) is 1. The minimum Gasteiger partial charge on any atom is -0.388 e. The summed E-state index contributed by atoms with van der Waals surface area (Å²) in [5, 5.41) is 25.4. The predicted molar refractivity (Wildman–Crippen MR) is 80.5 cm³/mol. The molecule has 0 unspecified atom stereocenters. The quantitative estimate of drug-likeness (QED) is 0.891. The molecule has 1 atom stereocenters. The lowest BCUT2D eigenvalue weighted by molar-refractivity contribution is 0.0134. The van der Waals surface area contributed by atoms with Crippen LogP contribution in [0.5, 0.6) is 0 Å². The van der Waals surface area contributed by atoms with Crippen LogP contribution in [0.15, 0.2) is 12.1 Å². The van der Waals surface area contributed by atoms with Gasteiger partial charge in [0, 0.05) is 19.3 Å². The summed E-state index contributed by atoms with van der Waals surface area (Å²) in [5.74, 6) is 1.28. The van der Waals surface area contributed by atoms with Gasteiger partial charge in [-0.2, -0.15) is 4.52 Å². The topological polar surface area (TPSA) is 84.6 Å². The number of hydrogen-bond acceptors (Lipinski definition) is 6. The summed E-state index contributed by atoms with van der Waals surface area (Å²) in [5.41, 5.74) is 1.00. The van der Waals surface area contributed by atoms with E-state index < -0.39 is 0 Å². The number of aromatic nitrogens is 4. The van der Waals surface area contributed by atoms with E-state index in [1.54, 1.807) is 4.52 Å². The molecule has 2 aliphatic rings. The van der Waals surface area contributed by atoms with Crippen molar-refractivity contribution in [1.29, 1.82) is 0 Å². The number of hydrogen-bond donors (Lipinski definition) is 2. The van der Waals surface area contributed by atoms with Gasteiger partial charge < -0.3 is 15.2 Å². The van der Waals surface area contributed by atoms with Crippen molar-refractivity contribution in [2.75, 3.05) is 18.5 Å². The van der Waals surface area contributed by atoms with Crippen molar-refractivity contribution in [1.82, 2.24) is 19.8 Å². The Kier molecular flexibility index (Phi) is 3.46. The Balaban J connectivity index is 1.59. The van der Waals surface area contributed by atoms with Gasteiger partial charge in [-0.25, -0.2) is 0 Å². The highest BCUT2D eigenvalue weighted by Gasteiger charge is 2.43. The first-order valence-electron chi connectivity index (χ1n) is 7.97. The molecule has 1 spiro atoms. The van der Waals surface area contributed by atoms with Gasteiger partial charge >= 0.3 is 0 Å². The molecular formula is C15H21N5O2. The normalized spacial score (nSPS) is 24.1. The van der Waals surface area contributed by atoms with Gasteiger partial charge in [-0.15, -0.1) is 15.3 Å². The molecule has 0 bridgehead atoms. The molecule has 2 fully saturated rings. The van der Waals surface area contributed by atoms with Gasteiger partial charge in [-0.1, -0.05) is 6.42 Å². The average Bonchev–Trinajstić information content (AvgIpc) is 3.13. The molecule has 118 valence electrons. The summed E-state index contributed by atoms with van der Waals surface area (Å²) in [6.45, 7) is 1.57. The molecule has 7 nitrogen and oxygen atoms in total. The zero-order valence-corrected chi connectivity index (χ0v) is 12.5. The third-order valence-corrected chi connectivity index (χ3v) is 5.19. The van der Waals surface area contributed by atoms with E-state index in [1.165, 1.54) is 19.3 Å². The van der Waals surface area contributed by atoms with E-state index in [4.69, 9.17) is 4.74 Å². The summed E-state index contributed by atoms with van der Waals surface area (Å²) >= 11 is 0. The van der Waals surface area contributed by atoms with Crippen LogP contribution in [-0.4, -0.2) is 44.2 Å². The van der Waals surface area contributed by atoms with E-state index in [0.29, 0.717) is 22.9 Å². The van der Waals surface area contributed by atoms with Gasteiger partial charge in [0.2, 0.25) is 0 Å². The Morgan fingerprint density at radius 2 is 2.14 bits per heavy atom. The fourth-order valence-corrected chi connectivity index (χ4v) is 3.93. The van der Waals surface area contributed by atoms with E-state index in [1.807, 2.05) is 12.1 Å². The number of rotatable bonds is 3. The fraction of sp³-hybridized carbons (Fsp3) is 0.667. The molecule has 2 aromatic rings. The summed E-state index contributed by atoms with van der Waals surface area (Å²) < 4.78 is 7.15. The Labute approximate surface area is 128 Å². The molecule has 1 aliphatic heterocycles. The number of aliphatic hydroxyl groups is 1. The zero-order valence-electron chi connectivity index (χ0n) is 12.5. The first kappa shape index (κ1) is 13.9. The molecule has 1 saturated carbocycles. The lowest BCUT2D eigenvalue weighted by atomic mass is 9.75. The van der Waals surface area contributed by atoms with Crippen molar-refractivity contribution in [2.45, 2.75) is 44.8 Å². The van der Waals surface area contributed by atoms with Crippen LogP contribution in [-0.2, 0) is 11.3 Å². The monoisotopic (exact) mass is 303 g/mol. The maximum absolute atomic E-state index is 9.30. The number of nitrogens with one attached hydrogen (secondary N) is 1. The van der Waals surface area contributed by atoms with Crippen molar-refractivity contribution < 1.29 is 9.84 Å². The molecule has 0 aromatic carbocycles. The van der Waals surface area contributed by atoms with E-state index in [-0.39, 0.29) is 6.61 Å². The van der Waals surface area contributed by atoms with Crippen molar-refractivity contribution in [3.05, 3.63) is 18.0 Å². The third-order valence-electron chi connectivity index (χ3n) is 5.19. The van der Waals surface area contributed by atoms with Crippen LogP contribution in [0.1, 0.15) is 37.9 Å². The van der Waals surface area contributed by atoms with Gasteiger partial charge in [0.05, 0.1) is 0 Å². The Morgan fingerprint density at radius 1 is 1.27 bits per heavy atom. The van der Waals surface area contributed by atoms with Crippen LogP contribution in [0, 0.1) is 5.41 Å². The van der Waals surface area contributed by atoms with Gasteiger partial charge in [-0.3, -0.25) is 0 Å². The molecule has 1 aliphatic carbocycles. The van der Waals surface area contributed by atoms with Crippen LogP contribution in [0.2, 0.25) is 0 Å². The SMILES string of the molecule is OCc1nnc2ccc(N[C@@H]3CCCC34CCOCC4)nn12. The molecule has 3 heterocycles. The van der Waals surface area contributed by atoms with Crippen LogP contribution in [0.25, 0.3) is 5.65 Å². The minimum atomic E-state index is -0.164. The lowest BCUT2D eigenvalue weighted by Crippen LogP contribution is -2.40. The molecule has 2 aromatic heterocycles. The smallest absolute Gasteiger partial charge is 0.180 e. The van der Waals surface area contributed by atoms with Crippen molar-refractivity contribution in [3.63, 3.8) is 0 Å². The molecule has 2 N–H and O–H groups in total. The van der Waals surface area contributed by atoms with E-state index in [0.717, 1.165) is 31.9 Å². The lowest BCUT2D eigenvalue weighted by Gasteiger charge is -2.39. The highest BCUT2D eigenvalue weighted by molar-refractivity contribution is 5.44. The standard InChI is InChI=1S/C15H21N5O2/c21-10-14-18-17-13-4-3-12(19-20(13)14)16-11-2-1-5-15(11)6-8-22-9-7-15/h3-4,11,21H,1-2,5-10H2,(H,16,19)/t11-/m1/s1. The minimum absolute atomic E-state index is 0.164. The van der Waals surface area contributed by atoms with Gasteiger partial charge in [0.25, 0.3) is 0 Å². The summed E-state index contributed by atoms with van der Waals surface area (Å²) in [7, 11) is 0. The molecule has 0 radical (unpaired) electrons. The van der Waals surface area contributed by atoms with Crippen LogP contribution < -0.4 is 5.32 Å². The summed E-state index contributed by atoms with van der Waals surface area (Å²) in [6, 6.07) is 4.26. The first-order valence-corrected chi connectivity index (χ1v) is 7.97. The summed E-state index contributed by atoms with van der Waals surface area (Å²) in [6.07, 6.45) is 5.96. The number of anilines is 1. The van der Waals surface area contributed by atoms with Crippen LogP contribution in [0.4, 0.5) is 5.82 Å². The number of aliphatic hydroxyl groups excluding tert-OH is 1. The van der Waals surface area contributed by atoms with Gasteiger partial charge in [0.1, 0.15) is 12.4 Å². The Bertz CT molecular complexity index is 665. The fourth-order valence-electron chi connectivity index (χ4n) is 3.93. The van der Waals surface area contributed by atoms with Crippen molar-refractivity contribution >= 4 is 11.5 Å².